The fourth-order valence-corrected chi connectivity index (χ4v) is 2.60. The molecule has 0 aromatic heterocycles. The minimum atomic E-state index is -3.40. The molecule has 0 bridgehead atoms. The maximum Gasteiger partial charge on any atom is 0.378 e. The number of fused-ring (bicyclic) bond motifs is 1. The van der Waals surface area contributed by atoms with Crippen LogP contribution in [0.3, 0.4) is 0 Å². The summed E-state index contributed by atoms with van der Waals surface area (Å²) in [6.07, 6.45) is 1.08. The number of nitrogens with one attached hydrogen (secondary N) is 1. The zero-order valence-corrected chi connectivity index (χ0v) is 10.7. The van der Waals surface area contributed by atoms with E-state index in [4.69, 9.17) is 16.5 Å². The van der Waals surface area contributed by atoms with Crippen LogP contribution in [0.4, 0.5) is 5.69 Å². The highest BCUT2D eigenvalue weighted by molar-refractivity contribution is 7.91. The zero-order chi connectivity index (χ0) is 14.6. The lowest BCUT2D eigenvalue weighted by Gasteiger charge is -2.09. The SMILES string of the molecule is CS(=O)(=O)c1cccc2c([O-])c([N+]#N)ccc12.[N-]=N. The smallest absolute Gasteiger partial charge is 0.378 e. The standard InChI is InChI=1S/C11H8N2O3S.HN2/c1-17(15,16)10-4-2-3-8-7(10)5-6-9(13-12)11(8)14;1-2/h2-6H,1H3;1H/q;-1. The lowest BCUT2D eigenvalue weighted by atomic mass is 10.1. The van der Waals surface area contributed by atoms with Crippen molar-refractivity contribution in [3.05, 3.63) is 40.8 Å². The number of diazo groups is 1. The van der Waals surface area contributed by atoms with Crippen molar-refractivity contribution in [3.8, 4) is 5.75 Å². The Kier molecular flexibility index (Phi) is 4.14. The number of sulfone groups is 1. The van der Waals surface area contributed by atoms with Crippen molar-refractivity contribution in [2.45, 2.75) is 4.90 Å². The highest BCUT2D eigenvalue weighted by Gasteiger charge is 2.15. The molecular formula is C11H9N4O3S-. The van der Waals surface area contributed by atoms with E-state index in [2.05, 4.69) is 4.98 Å². The summed E-state index contributed by atoms with van der Waals surface area (Å²) in [7, 11) is -3.40. The number of nitrogens with zero attached hydrogens (tertiary/aromatic N) is 3. The molecular weight excluding hydrogens is 268 g/mol. The third kappa shape index (κ3) is 2.66. The molecule has 0 radical (unpaired) electrons. The van der Waals surface area contributed by atoms with Crippen LogP contribution in [0.2, 0.25) is 0 Å². The quantitative estimate of drug-likeness (QED) is 0.632. The highest BCUT2D eigenvalue weighted by Crippen LogP contribution is 2.34. The van der Waals surface area contributed by atoms with Crippen LogP contribution in [0.1, 0.15) is 0 Å². The Bertz CT molecular complexity index is 765. The molecule has 98 valence electrons. The van der Waals surface area contributed by atoms with E-state index in [-0.39, 0.29) is 16.0 Å². The Morgan fingerprint density at radius 3 is 2.37 bits per heavy atom. The first-order chi connectivity index (χ1) is 8.95. The van der Waals surface area contributed by atoms with Crippen LogP contribution in [-0.2, 0) is 9.84 Å². The normalized spacial score (nSPS) is 10.3. The molecule has 0 fully saturated rings. The zero-order valence-electron chi connectivity index (χ0n) is 9.86. The van der Waals surface area contributed by atoms with Crippen LogP contribution in [0, 0.1) is 10.9 Å². The molecule has 0 aliphatic heterocycles. The second-order valence-electron chi connectivity index (χ2n) is 3.64. The van der Waals surface area contributed by atoms with Gasteiger partial charge < -0.3 is 16.2 Å². The van der Waals surface area contributed by atoms with Gasteiger partial charge >= 0.3 is 5.69 Å². The largest absolute Gasteiger partial charge is 0.867 e. The van der Waals surface area contributed by atoms with Crippen molar-refractivity contribution in [1.82, 2.24) is 0 Å². The van der Waals surface area contributed by atoms with E-state index in [1.165, 1.54) is 30.3 Å². The second-order valence-corrected chi connectivity index (χ2v) is 5.62. The molecule has 0 saturated heterocycles. The van der Waals surface area contributed by atoms with Crippen molar-refractivity contribution in [1.29, 1.82) is 10.9 Å². The van der Waals surface area contributed by atoms with Crippen molar-refractivity contribution in [3.63, 3.8) is 0 Å². The molecule has 0 aliphatic rings. The van der Waals surface area contributed by atoms with E-state index in [1.807, 2.05) is 0 Å². The molecule has 0 unspecified atom stereocenters. The van der Waals surface area contributed by atoms with Gasteiger partial charge in [-0.2, -0.15) is 0 Å². The Morgan fingerprint density at radius 2 is 1.84 bits per heavy atom. The highest BCUT2D eigenvalue weighted by atomic mass is 32.2. The summed E-state index contributed by atoms with van der Waals surface area (Å²) in [5, 5.41) is 21.0. The molecule has 2 rings (SSSR count). The van der Waals surface area contributed by atoms with Crippen LogP contribution in [0.25, 0.3) is 21.3 Å². The average Bonchev–Trinajstić information content (AvgIpc) is 2.40. The van der Waals surface area contributed by atoms with E-state index >= 15 is 0 Å². The van der Waals surface area contributed by atoms with Gasteiger partial charge in [-0.15, -0.1) is 0 Å². The Hall–Kier alpha value is -2.53. The van der Waals surface area contributed by atoms with Crippen LogP contribution >= 0.6 is 0 Å². The Labute approximate surface area is 109 Å². The van der Waals surface area contributed by atoms with Crippen LogP contribution < -0.4 is 5.11 Å². The predicted molar refractivity (Wildman–Crippen MR) is 67.3 cm³/mol. The first kappa shape index (κ1) is 14.5. The fourth-order valence-electron chi connectivity index (χ4n) is 1.69. The minimum Gasteiger partial charge on any atom is -0.867 e. The molecule has 19 heavy (non-hydrogen) atoms. The summed E-state index contributed by atoms with van der Waals surface area (Å²) < 4.78 is 23.1. The van der Waals surface area contributed by atoms with E-state index in [1.54, 1.807) is 0 Å². The first-order valence-corrected chi connectivity index (χ1v) is 6.84. The van der Waals surface area contributed by atoms with Crippen molar-refractivity contribution in [2.24, 2.45) is 0 Å². The molecule has 2 aromatic carbocycles. The fraction of sp³-hybridized carbons (Fsp3) is 0.0909. The van der Waals surface area contributed by atoms with E-state index in [9.17, 15) is 13.5 Å². The van der Waals surface area contributed by atoms with E-state index in [0.717, 1.165) is 6.26 Å². The van der Waals surface area contributed by atoms with Crippen molar-refractivity contribution >= 4 is 26.3 Å². The van der Waals surface area contributed by atoms with Gasteiger partial charge in [-0.05, 0) is 23.3 Å². The summed E-state index contributed by atoms with van der Waals surface area (Å²) in [6.45, 7) is 0. The average molecular weight is 277 g/mol. The van der Waals surface area contributed by atoms with Gasteiger partial charge in [-0.25, -0.2) is 8.42 Å². The molecule has 7 nitrogen and oxygen atoms in total. The van der Waals surface area contributed by atoms with Crippen molar-refractivity contribution < 1.29 is 13.5 Å². The first-order valence-electron chi connectivity index (χ1n) is 4.95. The number of benzene rings is 2. The maximum atomic E-state index is 11.8. The van der Waals surface area contributed by atoms with Gasteiger partial charge in [0.1, 0.15) is 0 Å². The monoisotopic (exact) mass is 277 g/mol. The lowest BCUT2D eigenvalue weighted by molar-refractivity contribution is -0.264. The van der Waals surface area contributed by atoms with Crippen LogP contribution in [0.15, 0.2) is 35.2 Å². The molecule has 1 N–H and O–H groups in total. The molecule has 0 heterocycles. The summed E-state index contributed by atoms with van der Waals surface area (Å²) in [4.78, 5) is 2.94. The van der Waals surface area contributed by atoms with Gasteiger partial charge in [-0.1, -0.05) is 12.1 Å². The third-order valence-electron chi connectivity index (χ3n) is 2.46. The molecule has 8 heteroatoms. The van der Waals surface area contributed by atoms with E-state index < -0.39 is 15.6 Å². The Morgan fingerprint density at radius 1 is 1.21 bits per heavy atom. The minimum absolute atomic E-state index is 0.0941. The number of hydrogen-bond donors (Lipinski definition) is 1. The molecule has 0 amide bonds. The van der Waals surface area contributed by atoms with Gasteiger partial charge in [0.15, 0.2) is 14.8 Å². The van der Waals surface area contributed by atoms with Crippen LogP contribution in [0.5, 0.6) is 5.75 Å². The lowest BCUT2D eigenvalue weighted by Crippen LogP contribution is -1.99. The van der Waals surface area contributed by atoms with Gasteiger partial charge in [0.05, 0.1) is 4.90 Å². The summed E-state index contributed by atoms with van der Waals surface area (Å²) in [6, 6.07) is 7.18. The number of hydrogen-bond acceptors (Lipinski definition) is 5. The predicted octanol–water partition coefficient (Wildman–Crippen LogP) is 2.39. The summed E-state index contributed by atoms with van der Waals surface area (Å²) in [5.74, 6) is -0.490. The Balaban J connectivity index is 0.000000861. The van der Waals surface area contributed by atoms with Gasteiger partial charge in [0.2, 0.25) is 5.39 Å². The van der Waals surface area contributed by atoms with Crippen LogP contribution in [-0.4, -0.2) is 14.7 Å². The maximum absolute atomic E-state index is 11.8. The summed E-state index contributed by atoms with van der Waals surface area (Å²) >= 11 is 0. The van der Waals surface area contributed by atoms with Gasteiger partial charge in [-0.3, -0.25) is 0 Å². The van der Waals surface area contributed by atoms with Gasteiger partial charge in [0.25, 0.3) is 0 Å². The third-order valence-corrected chi connectivity index (χ3v) is 3.61. The second kappa shape index (κ2) is 5.41. The molecule has 0 aliphatic carbocycles. The molecule has 0 atom stereocenters. The number of rotatable bonds is 1. The topological polar surface area (TPSA) is 132 Å². The van der Waals surface area contributed by atoms with Crippen molar-refractivity contribution in [2.75, 3.05) is 6.26 Å². The summed E-state index contributed by atoms with van der Waals surface area (Å²) in [5.41, 5.74) is 10.9. The molecule has 2 aromatic rings. The van der Waals surface area contributed by atoms with Gasteiger partial charge in [0, 0.05) is 17.7 Å². The van der Waals surface area contributed by atoms with E-state index in [0.29, 0.717) is 5.39 Å². The molecule has 0 spiro atoms. The molecule has 0 saturated carbocycles.